The maximum Gasteiger partial charge on any atom is 0.274 e. The van der Waals surface area contributed by atoms with E-state index >= 15 is 0 Å². The lowest BCUT2D eigenvalue weighted by Crippen LogP contribution is -2.15. The predicted octanol–water partition coefficient (Wildman–Crippen LogP) is 4.61. The number of rotatable bonds is 4. The minimum absolute atomic E-state index is 0.215. The molecule has 3 rings (SSSR count). The van der Waals surface area contributed by atoms with E-state index in [1.54, 1.807) is 37.3 Å². The van der Waals surface area contributed by atoms with Crippen molar-refractivity contribution in [1.82, 2.24) is 9.97 Å². The molecule has 0 radical (unpaired) electrons. The van der Waals surface area contributed by atoms with E-state index in [0.717, 1.165) is 11.3 Å². The highest BCUT2D eigenvalue weighted by Crippen LogP contribution is 2.25. The number of hydrogen-bond acceptors (Lipinski definition) is 5. The molecule has 0 fully saturated rings. The van der Waals surface area contributed by atoms with Crippen LogP contribution in [0.15, 0.2) is 48.5 Å². The van der Waals surface area contributed by atoms with Crippen molar-refractivity contribution in [2.75, 3.05) is 10.6 Å². The van der Waals surface area contributed by atoms with Gasteiger partial charge >= 0.3 is 0 Å². The molecule has 27 heavy (non-hydrogen) atoms. The van der Waals surface area contributed by atoms with Crippen LogP contribution in [0.1, 0.15) is 27.4 Å². The van der Waals surface area contributed by atoms with Crippen LogP contribution in [0.2, 0.25) is 5.02 Å². The Hall–Kier alpha value is -3.43. The van der Waals surface area contributed by atoms with Gasteiger partial charge in [0.1, 0.15) is 17.3 Å². The third kappa shape index (κ3) is 4.40. The highest BCUT2D eigenvalue weighted by molar-refractivity contribution is 6.31. The van der Waals surface area contributed by atoms with Gasteiger partial charge in [0.2, 0.25) is 0 Å². The maximum atomic E-state index is 12.6. The van der Waals surface area contributed by atoms with Gasteiger partial charge in [-0.2, -0.15) is 5.26 Å². The number of nitrogens with zero attached hydrogens (tertiary/aromatic N) is 3. The van der Waals surface area contributed by atoms with Gasteiger partial charge in [-0.15, -0.1) is 0 Å². The monoisotopic (exact) mass is 377 g/mol. The number of carbonyl (C=O) groups excluding carboxylic acids is 1. The zero-order valence-corrected chi connectivity index (χ0v) is 15.5. The van der Waals surface area contributed by atoms with Gasteiger partial charge in [0, 0.05) is 22.5 Å². The van der Waals surface area contributed by atoms with E-state index in [1.165, 1.54) is 0 Å². The third-order valence-corrected chi connectivity index (χ3v) is 4.26. The Morgan fingerprint density at radius 2 is 1.89 bits per heavy atom. The van der Waals surface area contributed by atoms with Gasteiger partial charge in [0.15, 0.2) is 0 Å². The SMILES string of the molecule is Cc1nc(Nc2cccc(Cl)c2C)cc(C(=O)Nc2cccc(C#N)c2)n1. The van der Waals surface area contributed by atoms with Crippen LogP contribution >= 0.6 is 11.6 Å². The fourth-order valence-corrected chi connectivity index (χ4v) is 2.67. The van der Waals surface area contributed by atoms with E-state index < -0.39 is 0 Å². The second kappa shape index (κ2) is 7.85. The van der Waals surface area contributed by atoms with Gasteiger partial charge < -0.3 is 10.6 Å². The summed E-state index contributed by atoms with van der Waals surface area (Å²) in [6.07, 6.45) is 0. The Morgan fingerprint density at radius 3 is 2.67 bits per heavy atom. The van der Waals surface area contributed by atoms with E-state index in [2.05, 4.69) is 20.6 Å². The van der Waals surface area contributed by atoms with Gasteiger partial charge in [-0.1, -0.05) is 23.7 Å². The largest absolute Gasteiger partial charge is 0.340 e. The number of anilines is 3. The number of amides is 1. The van der Waals surface area contributed by atoms with Crippen molar-refractivity contribution in [3.63, 3.8) is 0 Å². The normalized spacial score (nSPS) is 10.1. The van der Waals surface area contributed by atoms with Crippen molar-refractivity contribution >= 4 is 34.7 Å². The number of carbonyl (C=O) groups is 1. The summed E-state index contributed by atoms with van der Waals surface area (Å²) in [7, 11) is 0. The third-order valence-electron chi connectivity index (χ3n) is 3.85. The number of nitrogens with one attached hydrogen (secondary N) is 2. The van der Waals surface area contributed by atoms with Crippen molar-refractivity contribution in [2.45, 2.75) is 13.8 Å². The zero-order chi connectivity index (χ0) is 19.4. The van der Waals surface area contributed by atoms with Crippen LogP contribution in [-0.4, -0.2) is 15.9 Å². The molecule has 1 heterocycles. The van der Waals surface area contributed by atoms with Gasteiger partial charge in [0.05, 0.1) is 11.6 Å². The summed E-state index contributed by atoms with van der Waals surface area (Å²) in [5, 5.41) is 15.5. The fraction of sp³-hybridized carbons (Fsp3) is 0.100. The van der Waals surface area contributed by atoms with E-state index in [0.29, 0.717) is 27.9 Å². The zero-order valence-electron chi connectivity index (χ0n) is 14.7. The van der Waals surface area contributed by atoms with E-state index in [9.17, 15) is 4.79 Å². The number of benzene rings is 2. The second-order valence-electron chi connectivity index (χ2n) is 5.87. The van der Waals surface area contributed by atoms with Crippen LogP contribution in [0, 0.1) is 25.2 Å². The predicted molar refractivity (Wildman–Crippen MR) is 105 cm³/mol. The molecule has 2 N–H and O–H groups in total. The average molecular weight is 378 g/mol. The minimum Gasteiger partial charge on any atom is -0.340 e. The Kier molecular flexibility index (Phi) is 5.34. The molecule has 2 aromatic carbocycles. The Bertz CT molecular complexity index is 1060. The lowest BCUT2D eigenvalue weighted by molar-refractivity contribution is 0.102. The van der Waals surface area contributed by atoms with Gasteiger partial charge in [-0.3, -0.25) is 4.79 Å². The van der Waals surface area contributed by atoms with E-state index in [1.807, 2.05) is 31.2 Å². The molecule has 6 nitrogen and oxygen atoms in total. The molecule has 0 aliphatic carbocycles. The molecule has 3 aromatic rings. The molecule has 0 aliphatic rings. The number of aryl methyl sites for hydroxylation is 1. The van der Waals surface area contributed by atoms with Crippen LogP contribution in [0.25, 0.3) is 0 Å². The number of hydrogen-bond donors (Lipinski definition) is 2. The molecule has 0 atom stereocenters. The summed E-state index contributed by atoms with van der Waals surface area (Å²) >= 11 is 6.15. The summed E-state index contributed by atoms with van der Waals surface area (Å²) in [6.45, 7) is 3.61. The lowest BCUT2D eigenvalue weighted by atomic mass is 10.2. The molecule has 7 heteroatoms. The molecule has 0 saturated carbocycles. The van der Waals surface area contributed by atoms with Gasteiger partial charge in [-0.05, 0) is 49.7 Å². The molecule has 0 bridgehead atoms. The number of halogens is 1. The maximum absolute atomic E-state index is 12.6. The molecule has 134 valence electrons. The first kappa shape index (κ1) is 18.4. The van der Waals surface area contributed by atoms with Crippen LogP contribution in [0.3, 0.4) is 0 Å². The fourth-order valence-electron chi connectivity index (χ4n) is 2.49. The molecular weight excluding hydrogens is 362 g/mol. The molecular formula is C20H16ClN5O. The highest BCUT2D eigenvalue weighted by atomic mass is 35.5. The summed E-state index contributed by atoms with van der Waals surface area (Å²) < 4.78 is 0. The summed E-state index contributed by atoms with van der Waals surface area (Å²) in [5.74, 6) is 0.556. The first-order valence-electron chi connectivity index (χ1n) is 8.15. The number of aromatic nitrogens is 2. The molecule has 0 aliphatic heterocycles. The van der Waals surface area contributed by atoms with Crippen LogP contribution in [-0.2, 0) is 0 Å². The minimum atomic E-state index is -0.388. The summed E-state index contributed by atoms with van der Waals surface area (Å²) in [5.41, 5.74) is 2.89. The van der Waals surface area contributed by atoms with Crippen molar-refractivity contribution < 1.29 is 4.79 Å². The summed E-state index contributed by atoms with van der Waals surface area (Å²) in [6, 6.07) is 15.8. The Morgan fingerprint density at radius 1 is 1.11 bits per heavy atom. The first-order valence-corrected chi connectivity index (χ1v) is 8.53. The standard InChI is InChI=1S/C20H16ClN5O/c1-12-16(21)7-4-8-17(12)26-19-10-18(23-13(2)24-19)20(27)25-15-6-3-5-14(9-15)11-22/h3-10H,1-2H3,(H,25,27)(H,23,24,26). The van der Waals surface area contributed by atoms with Crippen LogP contribution < -0.4 is 10.6 Å². The molecule has 1 amide bonds. The first-order chi connectivity index (χ1) is 13.0. The lowest BCUT2D eigenvalue weighted by Gasteiger charge is -2.12. The van der Waals surface area contributed by atoms with Crippen LogP contribution in [0.5, 0.6) is 0 Å². The van der Waals surface area contributed by atoms with Crippen molar-refractivity contribution in [2.24, 2.45) is 0 Å². The van der Waals surface area contributed by atoms with Crippen molar-refractivity contribution in [1.29, 1.82) is 5.26 Å². The van der Waals surface area contributed by atoms with Gasteiger partial charge in [0.25, 0.3) is 5.91 Å². The van der Waals surface area contributed by atoms with Crippen LogP contribution in [0.4, 0.5) is 17.2 Å². The second-order valence-corrected chi connectivity index (χ2v) is 6.28. The topological polar surface area (TPSA) is 90.7 Å². The Labute approximate surface area is 161 Å². The molecule has 0 saturated heterocycles. The van der Waals surface area contributed by atoms with E-state index in [4.69, 9.17) is 16.9 Å². The smallest absolute Gasteiger partial charge is 0.274 e. The average Bonchev–Trinajstić information content (AvgIpc) is 2.65. The van der Waals surface area contributed by atoms with Gasteiger partial charge in [-0.25, -0.2) is 9.97 Å². The highest BCUT2D eigenvalue weighted by Gasteiger charge is 2.12. The Balaban J connectivity index is 1.85. The van der Waals surface area contributed by atoms with E-state index in [-0.39, 0.29) is 11.6 Å². The molecule has 1 aromatic heterocycles. The quantitative estimate of drug-likeness (QED) is 0.692. The van der Waals surface area contributed by atoms with Crippen molar-refractivity contribution in [3.8, 4) is 6.07 Å². The number of nitriles is 1. The summed E-state index contributed by atoms with van der Waals surface area (Å²) in [4.78, 5) is 21.1. The van der Waals surface area contributed by atoms with Crippen molar-refractivity contribution in [3.05, 3.63) is 76.2 Å². The molecule has 0 unspecified atom stereocenters. The molecule has 0 spiro atoms.